The molecule has 0 fully saturated rings. The van der Waals surface area contributed by atoms with Crippen LogP contribution in [0.3, 0.4) is 0 Å². The molecule has 3 aliphatic heterocycles. The van der Waals surface area contributed by atoms with Crippen LogP contribution in [0.2, 0.25) is 0 Å². The van der Waals surface area contributed by atoms with Crippen LogP contribution >= 0.6 is 7.92 Å². The number of benzene rings is 6. The van der Waals surface area contributed by atoms with E-state index in [9.17, 15) is 0 Å². The van der Waals surface area contributed by atoms with Crippen LogP contribution in [0.1, 0.15) is 31.9 Å². The molecule has 11 rings (SSSR count). The lowest BCUT2D eigenvalue weighted by Gasteiger charge is -2.47. The van der Waals surface area contributed by atoms with E-state index in [-0.39, 0.29) is 16.9 Å². The van der Waals surface area contributed by atoms with Gasteiger partial charge in [0, 0.05) is 43.8 Å². The highest BCUT2D eigenvalue weighted by atomic mass is 31.1. The van der Waals surface area contributed by atoms with Gasteiger partial charge in [-0.15, -0.1) is 0 Å². The first-order valence-electron chi connectivity index (χ1n) is 18.3. The van der Waals surface area contributed by atoms with Crippen molar-refractivity contribution in [2.24, 2.45) is 5.41 Å². The predicted molar refractivity (Wildman–Crippen MR) is 219 cm³/mol. The fourth-order valence-corrected chi connectivity index (χ4v) is 13.2. The molecule has 3 heterocycles. The van der Waals surface area contributed by atoms with Gasteiger partial charge in [-0.1, -0.05) is 129 Å². The summed E-state index contributed by atoms with van der Waals surface area (Å²) in [6.45, 7) is 7.45. The molecule has 0 radical (unpaired) electrons. The highest BCUT2D eigenvalue weighted by Crippen LogP contribution is 2.72. The van der Waals surface area contributed by atoms with Crippen molar-refractivity contribution in [1.82, 2.24) is 0 Å². The molecule has 6 aromatic carbocycles. The predicted octanol–water partition coefficient (Wildman–Crippen LogP) is 11.4. The summed E-state index contributed by atoms with van der Waals surface area (Å²) in [5, 5.41) is 4.37. The third kappa shape index (κ3) is 3.79. The molecule has 0 aromatic heterocycles. The number of hydrogen-bond donors (Lipinski definition) is 0. The summed E-state index contributed by atoms with van der Waals surface area (Å²) < 4.78 is 0. The highest BCUT2D eigenvalue weighted by Gasteiger charge is 2.62. The van der Waals surface area contributed by atoms with Crippen molar-refractivity contribution in [2.75, 3.05) is 14.7 Å². The van der Waals surface area contributed by atoms with E-state index < -0.39 is 7.92 Å². The lowest BCUT2D eigenvalue weighted by atomic mass is 9.67. The fraction of sp³-hybridized carbons (Fsp3) is 0.125. The number of para-hydroxylation sites is 4. The first-order chi connectivity index (χ1) is 25.5. The molecule has 52 heavy (non-hydrogen) atoms. The summed E-state index contributed by atoms with van der Waals surface area (Å²) in [6, 6.07) is 58.5. The SMILES string of the molecule is CC1(C)C2=C(C=CC3(C)C4=C(N(c5ccccc5)c5cccc6c5P4c4ccccc4N6c4ccccc4)N(c4ccccc4)C23)c2ccccc21. The van der Waals surface area contributed by atoms with Crippen molar-refractivity contribution in [2.45, 2.75) is 32.2 Å². The van der Waals surface area contributed by atoms with Gasteiger partial charge < -0.3 is 9.80 Å². The monoisotopic (exact) mass is 687 g/mol. The maximum Gasteiger partial charge on any atom is 0.124 e. The van der Waals surface area contributed by atoms with E-state index in [0.29, 0.717) is 0 Å². The van der Waals surface area contributed by atoms with Crippen LogP contribution in [0.4, 0.5) is 34.1 Å². The Hall–Kier alpha value is -5.63. The van der Waals surface area contributed by atoms with Gasteiger partial charge in [0.2, 0.25) is 0 Å². The zero-order valence-corrected chi connectivity index (χ0v) is 30.4. The average Bonchev–Trinajstić information content (AvgIpc) is 3.59. The molecule has 0 bridgehead atoms. The molecule has 0 saturated heterocycles. The molecule has 3 nitrogen and oxygen atoms in total. The van der Waals surface area contributed by atoms with Crippen LogP contribution < -0.4 is 25.3 Å². The lowest BCUT2D eigenvalue weighted by Crippen LogP contribution is -2.47. The molecule has 3 unspecified atom stereocenters. The van der Waals surface area contributed by atoms with Crippen LogP contribution in [0.15, 0.2) is 187 Å². The second kappa shape index (κ2) is 10.7. The maximum absolute atomic E-state index is 2.74. The molecule has 4 heteroatoms. The van der Waals surface area contributed by atoms with Gasteiger partial charge in [-0.05, 0) is 91.7 Å². The molecular weight excluding hydrogens is 650 g/mol. The lowest BCUT2D eigenvalue weighted by molar-refractivity contribution is 0.431. The molecule has 6 aromatic rings. The van der Waals surface area contributed by atoms with Gasteiger partial charge in [0.25, 0.3) is 0 Å². The second-order valence-corrected chi connectivity index (χ2v) is 17.3. The van der Waals surface area contributed by atoms with Gasteiger partial charge in [0.15, 0.2) is 0 Å². The number of nitrogens with zero attached hydrogens (tertiary/aromatic N) is 3. The molecule has 2 aliphatic carbocycles. The largest absolute Gasteiger partial charge is 0.319 e. The molecule has 5 aliphatic rings. The summed E-state index contributed by atoms with van der Waals surface area (Å²) in [7, 11) is -0.945. The summed E-state index contributed by atoms with van der Waals surface area (Å²) in [6.07, 6.45) is 5.06. The summed E-state index contributed by atoms with van der Waals surface area (Å²) in [5.74, 6) is 1.30. The third-order valence-electron chi connectivity index (χ3n) is 12.1. The highest BCUT2D eigenvalue weighted by molar-refractivity contribution is 7.78. The van der Waals surface area contributed by atoms with Crippen molar-refractivity contribution in [1.29, 1.82) is 0 Å². The summed E-state index contributed by atoms with van der Waals surface area (Å²) in [5.41, 5.74) is 12.6. The zero-order chi connectivity index (χ0) is 34.8. The minimum Gasteiger partial charge on any atom is -0.319 e. The normalized spacial score (nSPS) is 22.8. The molecule has 3 atom stereocenters. The van der Waals surface area contributed by atoms with E-state index in [1.54, 1.807) is 0 Å². The maximum atomic E-state index is 2.74. The summed E-state index contributed by atoms with van der Waals surface area (Å²) >= 11 is 0. The van der Waals surface area contributed by atoms with Gasteiger partial charge >= 0.3 is 0 Å². The van der Waals surface area contributed by atoms with Crippen LogP contribution in [0.25, 0.3) is 5.57 Å². The Morgan fingerprint density at radius 3 is 1.81 bits per heavy atom. The van der Waals surface area contributed by atoms with Gasteiger partial charge in [0.1, 0.15) is 5.82 Å². The van der Waals surface area contributed by atoms with Crippen LogP contribution in [-0.4, -0.2) is 6.04 Å². The number of allylic oxidation sites excluding steroid dienone is 2. The zero-order valence-electron chi connectivity index (χ0n) is 29.5. The Morgan fingerprint density at radius 2 is 1.10 bits per heavy atom. The van der Waals surface area contributed by atoms with Gasteiger partial charge in [-0.3, -0.25) is 4.90 Å². The molecule has 250 valence electrons. The van der Waals surface area contributed by atoms with E-state index in [1.165, 1.54) is 78.1 Å². The first kappa shape index (κ1) is 30.0. The number of anilines is 6. The van der Waals surface area contributed by atoms with Gasteiger partial charge in [-0.25, -0.2) is 0 Å². The Morgan fingerprint density at radius 1 is 0.538 bits per heavy atom. The number of rotatable bonds is 3. The van der Waals surface area contributed by atoms with E-state index in [0.717, 1.165) is 0 Å². The first-order valence-corrected chi connectivity index (χ1v) is 19.7. The Labute approximate surface area is 307 Å². The minimum atomic E-state index is -0.945. The second-order valence-electron chi connectivity index (χ2n) is 15.2. The van der Waals surface area contributed by atoms with Crippen molar-refractivity contribution in [3.8, 4) is 0 Å². The molecule has 0 saturated carbocycles. The smallest absolute Gasteiger partial charge is 0.124 e. The Bertz CT molecular complexity index is 2530. The standard InChI is InChI=1S/C48H38N3P/c1-47(2)37-25-14-13-24-35(37)36-30-31-48(3)44(42(36)47)51(34-22-11-6-12-23-34)46-45(48)52-41-29-16-15-26-38(41)49(32-18-7-4-8-19-32)39-27-17-28-40(43(39)52)50(46)33-20-9-5-10-21-33/h4-31,44H,1-3H3. The van der Waals surface area contributed by atoms with E-state index in [1.807, 2.05) is 0 Å². The molecular formula is C48H38N3P. The number of hydrogen-bond acceptors (Lipinski definition) is 3. The van der Waals surface area contributed by atoms with E-state index in [4.69, 9.17) is 0 Å². The molecule has 0 spiro atoms. The average molecular weight is 688 g/mol. The third-order valence-corrected chi connectivity index (χ3v) is 15.0. The van der Waals surface area contributed by atoms with Gasteiger partial charge in [0.05, 0.1) is 23.1 Å². The van der Waals surface area contributed by atoms with Crippen molar-refractivity contribution in [3.05, 3.63) is 198 Å². The minimum absolute atomic E-state index is 0.0769. The van der Waals surface area contributed by atoms with Crippen molar-refractivity contribution in [3.63, 3.8) is 0 Å². The van der Waals surface area contributed by atoms with E-state index >= 15 is 0 Å². The quantitative estimate of drug-likeness (QED) is 0.172. The fourth-order valence-electron chi connectivity index (χ4n) is 9.95. The number of fused-ring (bicyclic) bond motifs is 8. The summed E-state index contributed by atoms with van der Waals surface area (Å²) in [4.78, 5) is 7.84. The Balaban J connectivity index is 1.26. The molecule has 0 N–H and O–H groups in total. The van der Waals surface area contributed by atoms with E-state index in [2.05, 4.69) is 205 Å². The molecule has 0 amide bonds. The van der Waals surface area contributed by atoms with Crippen LogP contribution in [0.5, 0.6) is 0 Å². The topological polar surface area (TPSA) is 9.72 Å². The Kier molecular flexibility index (Phi) is 6.18. The van der Waals surface area contributed by atoms with Crippen molar-refractivity contribution < 1.29 is 0 Å². The van der Waals surface area contributed by atoms with Gasteiger partial charge in [-0.2, -0.15) is 0 Å². The van der Waals surface area contributed by atoms with Crippen LogP contribution in [-0.2, 0) is 5.41 Å². The van der Waals surface area contributed by atoms with Crippen molar-refractivity contribution >= 4 is 58.2 Å². The van der Waals surface area contributed by atoms with Crippen LogP contribution in [0, 0.1) is 5.41 Å².